The number of fused-ring (bicyclic) bond motifs is 1. The molecule has 3 rings (SSSR count). The molecule has 22 heavy (non-hydrogen) atoms. The third-order valence-corrected chi connectivity index (χ3v) is 3.72. The molecule has 0 aliphatic heterocycles. The average Bonchev–Trinajstić information content (AvgIpc) is 2.86. The molecular weight excluding hydrogens is 284 g/mol. The number of rotatable bonds is 3. The third kappa shape index (κ3) is 2.13. The second-order valence-electron chi connectivity index (χ2n) is 5.12. The number of hydrogen-bond donors (Lipinski definition) is 0. The smallest absolute Gasteiger partial charge is 0.331 e. The topological polar surface area (TPSA) is 66.4 Å². The molecule has 0 saturated carbocycles. The number of para-hydroxylation sites is 1. The second kappa shape index (κ2) is 5.22. The van der Waals surface area contributed by atoms with Gasteiger partial charge in [-0.15, -0.1) is 0 Å². The summed E-state index contributed by atoms with van der Waals surface area (Å²) in [5.41, 5.74) is 0.540. The van der Waals surface area contributed by atoms with Gasteiger partial charge in [0.15, 0.2) is 0 Å². The Morgan fingerprint density at radius 3 is 2.45 bits per heavy atom. The molecule has 0 fully saturated rings. The normalized spacial score (nSPS) is 11.0. The van der Waals surface area contributed by atoms with Gasteiger partial charge >= 0.3 is 5.69 Å². The van der Waals surface area contributed by atoms with Crippen molar-refractivity contribution in [2.45, 2.75) is 13.5 Å². The Kier molecular flexibility index (Phi) is 3.36. The zero-order valence-electron chi connectivity index (χ0n) is 12.6. The third-order valence-electron chi connectivity index (χ3n) is 3.72. The van der Waals surface area contributed by atoms with Crippen LogP contribution in [-0.2, 0) is 20.7 Å². The van der Waals surface area contributed by atoms with Crippen molar-refractivity contribution >= 4 is 11.1 Å². The van der Waals surface area contributed by atoms with Gasteiger partial charge in [-0.1, -0.05) is 18.2 Å². The minimum absolute atomic E-state index is 0.175. The van der Waals surface area contributed by atoms with E-state index in [1.54, 1.807) is 14.0 Å². The number of aromatic nitrogens is 2. The SMILES string of the molecule is Cc1oc2c(=O)n(C)c(=O)n(C)c2c1COc1ccccc1. The van der Waals surface area contributed by atoms with Crippen molar-refractivity contribution in [1.29, 1.82) is 0 Å². The van der Waals surface area contributed by atoms with Crippen LogP contribution in [0, 0.1) is 6.92 Å². The molecule has 0 aliphatic carbocycles. The van der Waals surface area contributed by atoms with Gasteiger partial charge < -0.3 is 9.15 Å². The summed E-state index contributed by atoms with van der Waals surface area (Å²) in [6, 6.07) is 9.34. The maximum Gasteiger partial charge on any atom is 0.331 e. The first-order valence-corrected chi connectivity index (χ1v) is 6.86. The quantitative estimate of drug-likeness (QED) is 0.738. The predicted molar refractivity (Wildman–Crippen MR) is 82.2 cm³/mol. The fourth-order valence-electron chi connectivity index (χ4n) is 2.47. The first-order chi connectivity index (χ1) is 10.5. The van der Waals surface area contributed by atoms with Crippen molar-refractivity contribution in [3.8, 4) is 5.75 Å². The van der Waals surface area contributed by atoms with E-state index in [9.17, 15) is 9.59 Å². The summed E-state index contributed by atoms with van der Waals surface area (Å²) >= 11 is 0. The molecule has 2 heterocycles. The molecule has 6 nitrogen and oxygen atoms in total. The Balaban J connectivity index is 2.12. The maximum absolute atomic E-state index is 12.2. The highest BCUT2D eigenvalue weighted by molar-refractivity contribution is 5.77. The Bertz CT molecular complexity index is 948. The van der Waals surface area contributed by atoms with Gasteiger partial charge in [-0.2, -0.15) is 0 Å². The predicted octanol–water partition coefficient (Wildman–Crippen LogP) is 1.72. The first-order valence-electron chi connectivity index (χ1n) is 6.86. The van der Waals surface area contributed by atoms with Crippen LogP contribution < -0.4 is 16.0 Å². The van der Waals surface area contributed by atoms with E-state index >= 15 is 0 Å². The van der Waals surface area contributed by atoms with Gasteiger partial charge in [0, 0.05) is 14.1 Å². The van der Waals surface area contributed by atoms with E-state index in [1.807, 2.05) is 30.3 Å². The van der Waals surface area contributed by atoms with Gasteiger partial charge in [-0.25, -0.2) is 4.79 Å². The molecule has 2 aromatic heterocycles. The van der Waals surface area contributed by atoms with E-state index in [0.29, 0.717) is 22.6 Å². The van der Waals surface area contributed by atoms with Gasteiger partial charge in [0.1, 0.15) is 23.6 Å². The Hall–Kier alpha value is -2.76. The summed E-state index contributed by atoms with van der Waals surface area (Å²) in [6.45, 7) is 1.98. The minimum Gasteiger partial charge on any atom is -0.489 e. The van der Waals surface area contributed by atoms with Crippen LogP contribution >= 0.6 is 0 Å². The highest BCUT2D eigenvalue weighted by Crippen LogP contribution is 2.23. The molecule has 1 aromatic carbocycles. The number of nitrogens with zero attached hydrogens (tertiary/aromatic N) is 2. The largest absolute Gasteiger partial charge is 0.489 e. The number of aryl methyl sites for hydroxylation is 2. The minimum atomic E-state index is -0.438. The van der Waals surface area contributed by atoms with E-state index in [1.165, 1.54) is 11.6 Å². The fourth-order valence-corrected chi connectivity index (χ4v) is 2.47. The highest BCUT2D eigenvalue weighted by Gasteiger charge is 2.19. The van der Waals surface area contributed by atoms with Crippen LogP contribution in [0.15, 0.2) is 44.3 Å². The van der Waals surface area contributed by atoms with Gasteiger partial charge in [0.25, 0.3) is 5.56 Å². The van der Waals surface area contributed by atoms with E-state index in [4.69, 9.17) is 9.15 Å². The number of furan rings is 1. The monoisotopic (exact) mass is 300 g/mol. The molecule has 0 atom stereocenters. The lowest BCUT2D eigenvalue weighted by atomic mass is 10.2. The van der Waals surface area contributed by atoms with Crippen LogP contribution in [-0.4, -0.2) is 9.13 Å². The molecular formula is C16H16N2O4. The summed E-state index contributed by atoms with van der Waals surface area (Å²) in [7, 11) is 3.05. The van der Waals surface area contributed by atoms with Gasteiger partial charge in [0.05, 0.1) is 5.56 Å². The van der Waals surface area contributed by atoms with E-state index in [-0.39, 0.29) is 17.9 Å². The van der Waals surface area contributed by atoms with Gasteiger partial charge in [0.2, 0.25) is 5.58 Å². The van der Waals surface area contributed by atoms with Crippen molar-refractivity contribution in [2.75, 3.05) is 0 Å². The van der Waals surface area contributed by atoms with Crippen LogP contribution in [0.5, 0.6) is 5.75 Å². The Morgan fingerprint density at radius 1 is 1.09 bits per heavy atom. The van der Waals surface area contributed by atoms with Gasteiger partial charge in [-0.05, 0) is 19.1 Å². The van der Waals surface area contributed by atoms with Gasteiger partial charge in [-0.3, -0.25) is 13.9 Å². The summed E-state index contributed by atoms with van der Waals surface area (Å²) in [6.07, 6.45) is 0. The summed E-state index contributed by atoms with van der Waals surface area (Å²) < 4.78 is 13.7. The average molecular weight is 300 g/mol. The molecule has 0 radical (unpaired) electrons. The van der Waals surface area contributed by atoms with E-state index < -0.39 is 5.56 Å². The number of ether oxygens (including phenoxy) is 1. The molecule has 0 amide bonds. The van der Waals surface area contributed by atoms with Crippen LogP contribution in [0.25, 0.3) is 11.1 Å². The second-order valence-corrected chi connectivity index (χ2v) is 5.12. The van der Waals surface area contributed by atoms with E-state index in [0.717, 1.165) is 4.57 Å². The number of hydrogen-bond acceptors (Lipinski definition) is 4. The molecule has 0 N–H and O–H groups in total. The molecule has 0 unspecified atom stereocenters. The standard InChI is InChI=1S/C16H16N2O4/c1-10-12(9-21-11-7-5-4-6-8-11)13-14(22-10)15(19)18(3)16(20)17(13)2/h4-8H,9H2,1-3H3. The molecule has 0 spiro atoms. The van der Waals surface area contributed by atoms with Crippen LogP contribution in [0.4, 0.5) is 0 Å². The summed E-state index contributed by atoms with van der Waals surface area (Å²) in [4.78, 5) is 24.2. The lowest BCUT2D eigenvalue weighted by Crippen LogP contribution is -2.36. The van der Waals surface area contributed by atoms with Crippen LogP contribution in [0.2, 0.25) is 0 Å². The zero-order chi connectivity index (χ0) is 15.9. The van der Waals surface area contributed by atoms with E-state index in [2.05, 4.69) is 0 Å². The zero-order valence-corrected chi connectivity index (χ0v) is 12.6. The summed E-state index contributed by atoms with van der Waals surface area (Å²) in [5.74, 6) is 1.29. The summed E-state index contributed by atoms with van der Waals surface area (Å²) in [5, 5.41) is 0. The molecule has 114 valence electrons. The Morgan fingerprint density at radius 2 is 1.77 bits per heavy atom. The maximum atomic E-state index is 12.2. The lowest BCUT2D eigenvalue weighted by Gasteiger charge is -2.07. The number of benzene rings is 1. The highest BCUT2D eigenvalue weighted by atomic mass is 16.5. The van der Waals surface area contributed by atoms with Crippen molar-refractivity contribution in [2.24, 2.45) is 14.1 Å². The molecule has 0 saturated heterocycles. The lowest BCUT2D eigenvalue weighted by molar-refractivity contribution is 0.304. The molecule has 6 heteroatoms. The van der Waals surface area contributed by atoms with Crippen molar-refractivity contribution in [3.63, 3.8) is 0 Å². The van der Waals surface area contributed by atoms with Crippen LogP contribution in [0.3, 0.4) is 0 Å². The molecule has 0 bridgehead atoms. The molecule has 3 aromatic rings. The van der Waals surface area contributed by atoms with Crippen molar-refractivity contribution in [3.05, 3.63) is 62.5 Å². The van der Waals surface area contributed by atoms with Crippen molar-refractivity contribution in [1.82, 2.24) is 9.13 Å². The van der Waals surface area contributed by atoms with Crippen molar-refractivity contribution < 1.29 is 9.15 Å². The fraction of sp³-hybridized carbons (Fsp3) is 0.250. The molecule has 0 aliphatic rings. The first kappa shape index (κ1) is 14.2. The Labute approximate surface area is 126 Å². The van der Waals surface area contributed by atoms with Crippen LogP contribution in [0.1, 0.15) is 11.3 Å².